The number of Topliss-reactive ketones (excluding diaryl/α,β-unsaturated/α-hetero) is 1. The van der Waals surface area contributed by atoms with Crippen molar-refractivity contribution in [1.82, 2.24) is 15.3 Å². The van der Waals surface area contributed by atoms with Crippen LogP contribution in [0.5, 0.6) is 0 Å². The second-order valence-corrected chi connectivity index (χ2v) is 8.33. The van der Waals surface area contributed by atoms with E-state index in [4.69, 9.17) is 5.73 Å². The molecule has 2 aromatic carbocycles. The average Bonchev–Trinajstić information content (AvgIpc) is 2.85. The Balaban J connectivity index is 1.48. The molecule has 0 radical (unpaired) electrons. The topological polar surface area (TPSA) is 98.0 Å². The minimum atomic E-state index is -1.000. The number of nitrogens with zero attached hydrogens (tertiary/aromatic N) is 2. The summed E-state index contributed by atoms with van der Waals surface area (Å²) in [7, 11) is 0. The van der Waals surface area contributed by atoms with Crippen LogP contribution in [-0.4, -0.2) is 27.7 Å². The van der Waals surface area contributed by atoms with E-state index in [9.17, 15) is 18.4 Å². The molecular formula is C27H24F2N4O2. The van der Waals surface area contributed by atoms with Crippen molar-refractivity contribution in [3.8, 4) is 0 Å². The lowest BCUT2D eigenvalue weighted by molar-refractivity contribution is -0.127. The summed E-state index contributed by atoms with van der Waals surface area (Å²) in [5, 5.41) is 4.52. The van der Waals surface area contributed by atoms with Crippen LogP contribution in [0.1, 0.15) is 23.1 Å². The Hall–Kier alpha value is -4.20. The van der Waals surface area contributed by atoms with Gasteiger partial charge in [-0.2, -0.15) is 0 Å². The molecule has 1 atom stereocenters. The van der Waals surface area contributed by atoms with Crippen LogP contribution in [0.4, 0.5) is 14.6 Å². The number of hydrogen-bond acceptors (Lipinski definition) is 5. The van der Waals surface area contributed by atoms with Gasteiger partial charge in [0.25, 0.3) is 0 Å². The molecule has 3 N–H and O–H groups in total. The van der Waals surface area contributed by atoms with Gasteiger partial charge in [0.2, 0.25) is 5.91 Å². The zero-order chi connectivity index (χ0) is 24.8. The second kappa shape index (κ2) is 10.8. The molecule has 0 spiro atoms. The van der Waals surface area contributed by atoms with E-state index in [0.717, 1.165) is 28.5 Å². The van der Waals surface area contributed by atoms with Crippen LogP contribution < -0.4 is 11.1 Å². The van der Waals surface area contributed by atoms with Gasteiger partial charge in [-0.05, 0) is 59.2 Å². The molecule has 0 saturated carbocycles. The number of nitrogens with one attached hydrogen (secondary N) is 1. The van der Waals surface area contributed by atoms with Gasteiger partial charge in [0.1, 0.15) is 5.82 Å². The minimum Gasteiger partial charge on any atom is -0.383 e. The van der Waals surface area contributed by atoms with Crippen molar-refractivity contribution in [2.24, 2.45) is 0 Å². The number of carbonyl (C=O) groups is 2. The van der Waals surface area contributed by atoms with E-state index in [1.807, 2.05) is 24.3 Å². The summed E-state index contributed by atoms with van der Waals surface area (Å²) in [4.78, 5) is 33.9. The highest BCUT2D eigenvalue weighted by Gasteiger charge is 2.22. The molecule has 2 aromatic heterocycles. The van der Waals surface area contributed by atoms with Crippen LogP contribution in [0, 0.1) is 11.6 Å². The third kappa shape index (κ3) is 6.23. The van der Waals surface area contributed by atoms with Crippen LogP contribution in [0.3, 0.4) is 0 Å². The first-order valence-corrected chi connectivity index (χ1v) is 11.2. The maximum absolute atomic E-state index is 13.7. The van der Waals surface area contributed by atoms with E-state index in [0.29, 0.717) is 23.4 Å². The van der Waals surface area contributed by atoms with Crippen molar-refractivity contribution < 1.29 is 18.4 Å². The molecule has 6 nitrogen and oxygen atoms in total. The van der Waals surface area contributed by atoms with Gasteiger partial charge in [-0.1, -0.05) is 30.3 Å². The third-order valence-electron chi connectivity index (χ3n) is 5.75. The summed E-state index contributed by atoms with van der Waals surface area (Å²) >= 11 is 0. The molecule has 4 aromatic rings. The SMILES string of the molecule is Nc1nccc2cc(CCC(=O)[C@H](Cc3ccc(F)c(F)c3)NC(=O)Cc3cccnc3)ccc12. The monoisotopic (exact) mass is 474 g/mol. The Morgan fingerprint density at radius 3 is 2.54 bits per heavy atom. The molecule has 0 unspecified atom stereocenters. The number of anilines is 1. The van der Waals surface area contributed by atoms with Crippen molar-refractivity contribution in [2.45, 2.75) is 31.7 Å². The van der Waals surface area contributed by atoms with Gasteiger partial charge in [-0.25, -0.2) is 13.8 Å². The number of ketones is 1. The molecule has 35 heavy (non-hydrogen) atoms. The highest BCUT2D eigenvalue weighted by Crippen LogP contribution is 2.21. The number of pyridine rings is 2. The number of halogens is 2. The van der Waals surface area contributed by atoms with Gasteiger partial charge < -0.3 is 11.1 Å². The summed E-state index contributed by atoms with van der Waals surface area (Å²) < 4.78 is 27.1. The van der Waals surface area contributed by atoms with Gasteiger partial charge in [-0.3, -0.25) is 14.6 Å². The number of aryl methyl sites for hydroxylation is 1. The third-order valence-corrected chi connectivity index (χ3v) is 5.75. The molecule has 0 saturated heterocycles. The van der Waals surface area contributed by atoms with Gasteiger partial charge in [-0.15, -0.1) is 0 Å². The fraction of sp³-hybridized carbons (Fsp3) is 0.185. The Morgan fingerprint density at radius 1 is 0.943 bits per heavy atom. The van der Waals surface area contributed by atoms with Crippen LogP contribution in [0.15, 0.2) is 73.2 Å². The Labute approximate surface area is 201 Å². The number of rotatable bonds is 9. The van der Waals surface area contributed by atoms with Gasteiger partial charge in [0.15, 0.2) is 17.4 Å². The molecule has 2 heterocycles. The van der Waals surface area contributed by atoms with E-state index in [1.165, 1.54) is 6.07 Å². The number of carbonyl (C=O) groups excluding carboxylic acids is 2. The predicted molar refractivity (Wildman–Crippen MR) is 129 cm³/mol. The van der Waals surface area contributed by atoms with E-state index in [1.54, 1.807) is 30.7 Å². The lowest BCUT2D eigenvalue weighted by atomic mass is 9.96. The smallest absolute Gasteiger partial charge is 0.225 e. The number of fused-ring (bicyclic) bond motifs is 1. The summed E-state index contributed by atoms with van der Waals surface area (Å²) in [6.07, 6.45) is 5.52. The predicted octanol–water partition coefficient (Wildman–Crippen LogP) is 3.96. The fourth-order valence-corrected chi connectivity index (χ4v) is 3.93. The Morgan fingerprint density at radius 2 is 1.77 bits per heavy atom. The molecule has 178 valence electrons. The van der Waals surface area contributed by atoms with E-state index >= 15 is 0 Å². The highest BCUT2D eigenvalue weighted by molar-refractivity contribution is 5.92. The lowest BCUT2D eigenvalue weighted by Crippen LogP contribution is -2.43. The normalized spacial score (nSPS) is 11.8. The molecule has 0 fully saturated rings. The standard InChI is InChI=1S/C27H24F2N4O2/c28-22-7-4-18(13-23(22)29)14-24(33-26(35)15-19-2-1-10-31-16-19)25(34)8-5-17-3-6-21-20(12-17)9-11-32-27(21)30/h1-4,6-7,9-13,16,24H,5,8,14-15H2,(H2,30,32)(H,33,35)/t24-/m0/s1. The maximum Gasteiger partial charge on any atom is 0.225 e. The van der Waals surface area contributed by atoms with Crippen molar-refractivity contribution in [1.29, 1.82) is 0 Å². The van der Waals surface area contributed by atoms with E-state index in [2.05, 4.69) is 15.3 Å². The van der Waals surface area contributed by atoms with Crippen molar-refractivity contribution >= 4 is 28.3 Å². The molecular weight excluding hydrogens is 450 g/mol. The Kier molecular flexibility index (Phi) is 7.40. The van der Waals surface area contributed by atoms with Crippen molar-refractivity contribution in [3.05, 3.63) is 102 Å². The molecule has 0 bridgehead atoms. The summed E-state index contributed by atoms with van der Waals surface area (Å²) in [6, 6.07) is 13.6. The van der Waals surface area contributed by atoms with Crippen molar-refractivity contribution in [2.75, 3.05) is 5.73 Å². The number of nitrogen functional groups attached to an aromatic ring is 1. The number of amides is 1. The number of nitrogens with two attached hydrogens (primary N) is 1. The largest absolute Gasteiger partial charge is 0.383 e. The molecule has 0 aliphatic carbocycles. The quantitative estimate of drug-likeness (QED) is 0.383. The maximum atomic E-state index is 13.7. The average molecular weight is 475 g/mol. The van der Waals surface area contributed by atoms with E-state index in [-0.39, 0.29) is 31.0 Å². The molecule has 0 aliphatic rings. The summed E-state index contributed by atoms with van der Waals surface area (Å²) in [5.41, 5.74) is 7.96. The first-order chi connectivity index (χ1) is 16.9. The lowest BCUT2D eigenvalue weighted by Gasteiger charge is -2.18. The van der Waals surface area contributed by atoms with Crippen LogP contribution >= 0.6 is 0 Å². The summed E-state index contributed by atoms with van der Waals surface area (Å²) in [5.74, 6) is -2.09. The highest BCUT2D eigenvalue weighted by atomic mass is 19.2. The zero-order valence-electron chi connectivity index (χ0n) is 18.9. The Bertz CT molecular complexity index is 1360. The van der Waals surface area contributed by atoms with Crippen LogP contribution in [0.25, 0.3) is 10.8 Å². The van der Waals surface area contributed by atoms with Gasteiger partial charge in [0.05, 0.1) is 12.5 Å². The number of aromatic nitrogens is 2. The molecule has 1 amide bonds. The summed E-state index contributed by atoms with van der Waals surface area (Å²) in [6.45, 7) is 0. The fourth-order valence-electron chi connectivity index (χ4n) is 3.93. The molecule has 0 aliphatic heterocycles. The first-order valence-electron chi connectivity index (χ1n) is 11.2. The molecule has 4 rings (SSSR count). The van der Waals surface area contributed by atoms with E-state index < -0.39 is 17.7 Å². The van der Waals surface area contributed by atoms with Crippen LogP contribution in [-0.2, 0) is 28.9 Å². The zero-order valence-corrected chi connectivity index (χ0v) is 18.9. The van der Waals surface area contributed by atoms with Gasteiger partial charge in [0, 0.05) is 30.4 Å². The first kappa shape index (κ1) is 23.9. The molecule has 8 heteroatoms. The minimum absolute atomic E-state index is 0.0503. The van der Waals surface area contributed by atoms with Crippen molar-refractivity contribution in [3.63, 3.8) is 0 Å². The number of benzene rings is 2. The number of hydrogen-bond donors (Lipinski definition) is 2. The van der Waals surface area contributed by atoms with Gasteiger partial charge >= 0.3 is 0 Å². The van der Waals surface area contributed by atoms with Crippen LogP contribution in [0.2, 0.25) is 0 Å². The second-order valence-electron chi connectivity index (χ2n) is 8.33.